The Hall–Kier alpha value is -2.82. The van der Waals surface area contributed by atoms with E-state index in [-0.39, 0.29) is 17.4 Å². The third-order valence-electron chi connectivity index (χ3n) is 6.19. The lowest BCUT2D eigenvalue weighted by Crippen LogP contribution is -2.31. The molecular formula is C24H19F3O2. The highest BCUT2D eigenvalue weighted by molar-refractivity contribution is 6.02. The lowest BCUT2D eigenvalue weighted by Gasteiger charge is -2.26. The van der Waals surface area contributed by atoms with Crippen molar-refractivity contribution in [2.24, 2.45) is 17.8 Å². The number of halogens is 3. The van der Waals surface area contributed by atoms with Gasteiger partial charge < -0.3 is 4.74 Å². The Labute approximate surface area is 166 Å². The Balaban J connectivity index is 1.64. The van der Waals surface area contributed by atoms with Crippen molar-refractivity contribution in [3.63, 3.8) is 0 Å². The van der Waals surface area contributed by atoms with E-state index >= 15 is 0 Å². The summed E-state index contributed by atoms with van der Waals surface area (Å²) >= 11 is 0. The number of hydrogen-bond acceptors (Lipinski definition) is 2. The van der Waals surface area contributed by atoms with Crippen LogP contribution < -0.4 is 0 Å². The molecule has 0 N–H and O–H groups in total. The standard InChI is InChI=1S/C24H19F3O2/c25-24(26,27)22(29-23(28)20-12-14-9-10-17(20)11-14)21-18-7-3-1-5-15(18)13-16-6-2-4-8-19(16)21/h1-10,13-14,17,20,22H,11-12H2/t14-,17+,20-,22-/m1/s1. The Bertz CT molecular complexity index is 1080. The van der Waals surface area contributed by atoms with E-state index in [9.17, 15) is 18.0 Å². The summed E-state index contributed by atoms with van der Waals surface area (Å²) in [5.41, 5.74) is 0.0123. The van der Waals surface area contributed by atoms with Gasteiger partial charge in [-0.2, -0.15) is 13.2 Å². The van der Waals surface area contributed by atoms with E-state index < -0.39 is 24.2 Å². The minimum Gasteiger partial charge on any atom is -0.447 e. The first-order valence-electron chi connectivity index (χ1n) is 9.78. The second-order valence-corrected chi connectivity index (χ2v) is 7.98. The van der Waals surface area contributed by atoms with Gasteiger partial charge in [-0.25, -0.2) is 0 Å². The zero-order valence-corrected chi connectivity index (χ0v) is 15.5. The van der Waals surface area contributed by atoms with Gasteiger partial charge in [-0.3, -0.25) is 4.79 Å². The minimum absolute atomic E-state index is 0.00866. The van der Waals surface area contributed by atoms with E-state index in [0.29, 0.717) is 28.0 Å². The van der Waals surface area contributed by atoms with Gasteiger partial charge in [0.15, 0.2) is 0 Å². The maximum absolute atomic E-state index is 14.2. The van der Waals surface area contributed by atoms with Crippen LogP contribution in [0.2, 0.25) is 0 Å². The van der Waals surface area contributed by atoms with Gasteiger partial charge in [-0.05, 0) is 52.3 Å². The summed E-state index contributed by atoms with van der Waals surface area (Å²) in [6, 6.07) is 15.7. The number of benzene rings is 3. The van der Waals surface area contributed by atoms with E-state index in [2.05, 4.69) is 0 Å². The average molecular weight is 396 g/mol. The summed E-state index contributed by atoms with van der Waals surface area (Å²) < 4.78 is 47.9. The number of alkyl halides is 3. The largest absolute Gasteiger partial charge is 0.447 e. The summed E-state index contributed by atoms with van der Waals surface area (Å²) in [6.07, 6.45) is -1.62. The highest BCUT2D eigenvalue weighted by Gasteiger charge is 2.48. The molecule has 2 aliphatic rings. The van der Waals surface area contributed by atoms with Crippen LogP contribution in [-0.4, -0.2) is 12.1 Å². The molecular weight excluding hydrogens is 377 g/mol. The third kappa shape index (κ3) is 3.09. The van der Waals surface area contributed by atoms with Crippen molar-refractivity contribution in [1.29, 1.82) is 0 Å². The number of allylic oxidation sites excluding steroid dienone is 2. The van der Waals surface area contributed by atoms with Crippen LogP contribution in [0.1, 0.15) is 24.5 Å². The number of rotatable bonds is 3. The van der Waals surface area contributed by atoms with Crippen molar-refractivity contribution in [3.8, 4) is 0 Å². The summed E-state index contributed by atoms with van der Waals surface area (Å²) in [5.74, 6) is -0.969. The maximum atomic E-state index is 14.2. The van der Waals surface area contributed by atoms with Crippen molar-refractivity contribution in [1.82, 2.24) is 0 Å². The number of esters is 1. The van der Waals surface area contributed by atoms with E-state index in [1.165, 1.54) is 0 Å². The minimum atomic E-state index is -4.71. The van der Waals surface area contributed by atoms with Crippen LogP contribution in [0.15, 0.2) is 66.7 Å². The Morgan fingerprint density at radius 2 is 1.55 bits per heavy atom. The fraction of sp³-hybridized carbons (Fsp3) is 0.292. The molecule has 2 aliphatic carbocycles. The van der Waals surface area contributed by atoms with Crippen molar-refractivity contribution in [2.45, 2.75) is 25.1 Å². The molecule has 5 rings (SSSR count). The van der Waals surface area contributed by atoms with Crippen LogP contribution >= 0.6 is 0 Å². The van der Waals surface area contributed by atoms with Gasteiger partial charge in [0.2, 0.25) is 6.10 Å². The van der Waals surface area contributed by atoms with Crippen LogP contribution in [-0.2, 0) is 9.53 Å². The van der Waals surface area contributed by atoms with E-state index in [1.807, 2.05) is 18.2 Å². The number of carbonyl (C=O) groups is 1. The number of ether oxygens (including phenoxy) is 1. The summed E-state index contributed by atoms with van der Waals surface area (Å²) in [6.45, 7) is 0. The Morgan fingerprint density at radius 1 is 0.931 bits per heavy atom. The van der Waals surface area contributed by atoms with E-state index in [4.69, 9.17) is 4.74 Å². The molecule has 3 aromatic carbocycles. The summed E-state index contributed by atoms with van der Waals surface area (Å²) in [5, 5.41) is 2.28. The van der Waals surface area contributed by atoms with Gasteiger partial charge in [-0.1, -0.05) is 60.7 Å². The molecule has 3 aromatic rings. The molecule has 4 atom stereocenters. The lowest BCUT2D eigenvalue weighted by atomic mass is 9.92. The maximum Gasteiger partial charge on any atom is 0.429 e. The molecule has 0 aliphatic heterocycles. The predicted octanol–water partition coefficient (Wildman–Crippen LogP) is 6.35. The smallest absolute Gasteiger partial charge is 0.429 e. The number of hydrogen-bond donors (Lipinski definition) is 0. The van der Waals surface area contributed by atoms with Crippen molar-refractivity contribution in [2.75, 3.05) is 0 Å². The molecule has 0 spiro atoms. The molecule has 0 unspecified atom stereocenters. The molecule has 1 fully saturated rings. The lowest BCUT2D eigenvalue weighted by molar-refractivity contribution is -0.226. The second-order valence-electron chi connectivity index (χ2n) is 7.98. The van der Waals surface area contributed by atoms with Crippen LogP contribution in [0.5, 0.6) is 0 Å². The van der Waals surface area contributed by atoms with Crippen molar-refractivity contribution >= 4 is 27.5 Å². The second kappa shape index (κ2) is 6.61. The van der Waals surface area contributed by atoms with Crippen LogP contribution in [0.25, 0.3) is 21.5 Å². The zero-order chi connectivity index (χ0) is 20.2. The number of fused-ring (bicyclic) bond motifs is 4. The molecule has 0 aromatic heterocycles. The third-order valence-corrected chi connectivity index (χ3v) is 6.19. The summed E-state index contributed by atoms with van der Waals surface area (Å²) in [4.78, 5) is 12.8. The first-order valence-corrected chi connectivity index (χ1v) is 9.78. The van der Waals surface area contributed by atoms with Crippen molar-refractivity contribution in [3.05, 3.63) is 72.3 Å². The predicted molar refractivity (Wildman–Crippen MR) is 105 cm³/mol. The molecule has 0 amide bonds. The molecule has 0 radical (unpaired) electrons. The van der Waals surface area contributed by atoms with Gasteiger partial charge >= 0.3 is 12.1 Å². The van der Waals surface area contributed by atoms with E-state index in [1.54, 1.807) is 48.5 Å². The van der Waals surface area contributed by atoms with E-state index in [0.717, 1.165) is 6.42 Å². The monoisotopic (exact) mass is 396 g/mol. The van der Waals surface area contributed by atoms with Gasteiger partial charge in [0.25, 0.3) is 0 Å². The van der Waals surface area contributed by atoms with Gasteiger partial charge in [0.1, 0.15) is 0 Å². The molecule has 0 heterocycles. The molecule has 5 heteroatoms. The Morgan fingerprint density at radius 3 is 2.07 bits per heavy atom. The Kier molecular flexibility index (Phi) is 4.16. The number of carbonyl (C=O) groups excluding carboxylic acids is 1. The molecule has 2 nitrogen and oxygen atoms in total. The SMILES string of the molecule is O=C(O[C@H](c1c2ccccc2cc2ccccc12)C(F)(F)F)[C@@H]1C[C@@H]2C=C[C@H]1C2. The molecule has 1 saturated carbocycles. The van der Waals surface area contributed by atoms with Crippen molar-refractivity contribution < 1.29 is 22.7 Å². The first-order chi connectivity index (χ1) is 13.9. The first kappa shape index (κ1) is 18.2. The average Bonchev–Trinajstić information content (AvgIpc) is 3.33. The molecule has 0 saturated heterocycles. The van der Waals surface area contributed by atoms with Crippen LogP contribution in [0.4, 0.5) is 13.2 Å². The topological polar surface area (TPSA) is 26.3 Å². The quantitative estimate of drug-likeness (QED) is 0.293. The zero-order valence-electron chi connectivity index (χ0n) is 15.5. The van der Waals surface area contributed by atoms with Gasteiger partial charge in [0.05, 0.1) is 5.92 Å². The van der Waals surface area contributed by atoms with Gasteiger partial charge in [0, 0.05) is 5.56 Å². The normalized spacial score (nSPS) is 24.3. The molecule has 148 valence electrons. The van der Waals surface area contributed by atoms with Crippen LogP contribution in [0, 0.1) is 17.8 Å². The van der Waals surface area contributed by atoms with Crippen LogP contribution in [0.3, 0.4) is 0 Å². The summed E-state index contributed by atoms with van der Waals surface area (Å²) in [7, 11) is 0. The fourth-order valence-electron chi connectivity index (χ4n) is 4.88. The highest BCUT2D eigenvalue weighted by Crippen LogP contribution is 2.47. The fourth-order valence-corrected chi connectivity index (χ4v) is 4.88. The molecule has 2 bridgehead atoms. The van der Waals surface area contributed by atoms with Gasteiger partial charge in [-0.15, -0.1) is 0 Å². The molecule has 29 heavy (non-hydrogen) atoms. The highest BCUT2D eigenvalue weighted by atomic mass is 19.4.